The predicted molar refractivity (Wildman–Crippen MR) is 75.2 cm³/mol. The van der Waals surface area contributed by atoms with E-state index in [0.717, 1.165) is 37.1 Å². The summed E-state index contributed by atoms with van der Waals surface area (Å²) in [5.41, 5.74) is 1.62. The molecule has 0 aliphatic rings. The maximum Gasteiger partial charge on any atom is 0.303 e. The van der Waals surface area contributed by atoms with Gasteiger partial charge in [-0.05, 0) is 31.4 Å². The maximum absolute atomic E-state index is 13.2. The van der Waals surface area contributed by atoms with Crippen LogP contribution < -0.4 is 0 Å². The number of halogens is 1. The van der Waals surface area contributed by atoms with Crippen LogP contribution in [0.5, 0.6) is 0 Å². The Labute approximate surface area is 117 Å². The highest BCUT2D eigenvalue weighted by molar-refractivity contribution is 5.76. The van der Waals surface area contributed by atoms with Gasteiger partial charge >= 0.3 is 5.97 Å². The topological polar surface area (TPSA) is 55.1 Å². The van der Waals surface area contributed by atoms with Crippen molar-refractivity contribution in [3.05, 3.63) is 29.8 Å². The normalized spacial score (nSPS) is 11.1. The molecule has 0 radical (unpaired) electrons. The van der Waals surface area contributed by atoms with E-state index in [1.807, 2.05) is 0 Å². The van der Waals surface area contributed by atoms with Gasteiger partial charge in [0.15, 0.2) is 0 Å². The third kappa shape index (κ3) is 3.35. The highest BCUT2D eigenvalue weighted by Gasteiger charge is 2.10. The van der Waals surface area contributed by atoms with E-state index in [1.54, 1.807) is 6.07 Å². The molecule has 20 heavy (non-hydrogen) atoms. The molecule has 1 N–H and O–H groups in total. The van der Waals surface area contributed by atoms with Crippen molar-refractivity contribution in [1.82, 2.24) is 9.55 Å². The monoisotopic (exact) mass is 278 g/mol. The summed E-state index contributed by atoms with van der Waals surface area (Å²) in [6.07, 6.45) is 3.30. The Hall–Kier alpha value is -1.91. The molecule has 0 saturated heterocycles. The Morgan fingerprint density at radius 2 is 2.20 bits per heavy atom. The number of imidazole rings is 1. The molecule has 2 aromatic rings. The molecule has 0 saturated carbocycles. The van der Waals surface area contributed by atoms with Gasteiger partial charge in [0.05, 0.1) is 11.0 Å². The fourth-order valence-electron chi connectivity index (χ4n) is 2.38. The molecule has 1 heterocycles. The lowest BCUT2D eigenvalue weighted by atomic mass is 10.2. The SMILES string of the molecule is CCCn1c(CCCCC(=O)O)nc2cc(F)ccc21. The first-order valence-electron chi connectivity index (χ1n) is 6.98. The largest absolute Gasteiger partial charge is 0.481 e. The number of aromatic nitrogens is 2. The molecule has 1 aromatic carbocycles. The van der Waals surface area contributed by atoms with E-state index < -0.39 is 5.97 Å². The minimum atomic E-state index is -0.769. The standard InChI is InChI=1S/C15H19FN2O2/c1-2-9-18-13-8-7-11(16)10-12(13)17-14(18)5-3-4-6-15(19)20/h7-8,10H,2-6,9H2,1H3,(H,19,20). The molecule has 0 spiro atoms. The molecular formula is C15H19FN2O2. The third-order valence-electron chi connectivity index (χ3n) is 3.28. The highest BCUT2D eigenvalue weighted by Crippen LogP contribution is 2.19. The number of hydrogen-bond donors (Lipinski definition) is 1. The minimum absolute atomic E-state index is 0.183. The average Bonchev–Trinajstić information content (AvgIpc) is 2.72. The smallest absolute Gasteiger partial charge is 0.303 e. The van der Waals surface area contributed by atoms with Gasteiger partial charge in [-0.15, -0.1) is 0 Å². The Bertz CT molecular complexity index is 607. The fraction of sp³-hybridized carbons (Fsp3) is 0.467. The van der Waals surface area contributed by atoms with Crippen molar-refractivity contribution in [3.8, 4) is 0 Å². The highest BCUT2D eigenvalue weighted by atomic mass is 19.1. The Balaban J connectivity index is 2.18. The molecule has 4 nitrogen and oxygen atoms in total. The summed E-state index contributed by atoms with van der Waals surface area (Å²) in [5.74, 6) is -0.136. The Morgan fingerprint density at radius 3 is 2.90 bits per heavy atom. The number of carboxylic acids is 1. The number of unbranched alkanes of at least 4 members (excludes halogenated alkanes) is 1. The van der Waals surface area contributed by atoms with Crippen molar-refractivity contribution in [1.29, 1.82) is 0 Å². The molecule has 0 aliphatic heterocycles. The molecule has 5 heteroatoms. The third-order valence-corrected chi connectivity index (χ3v) is 3.28. The molecule has 0 fully saturated rings. The summed E-state index contributed by atoms with van der Waals surface area (Å²) >= 11 is 0. The number of aliphatic carboxylic acids is 1. The lowest BCUT2D eigenvalue weighted by molar-refractivity contribution is -0.137. The molecule has 0 amide bonds. The van der Waals surface area contributed by atoms with E-state index in [-0.39, 0.29) is 12.2 Å². The van der Waals surface area contributed by atoms with Gasteiger partial charge in [0, 0.05) is 25.5 Å². The average molecular weight is 278 g/mol. The van der Waals surface area contributed by atoms with Crippen LogP contribution in [-0.2, 0) is 17.8 Å². The number of fused-ring (bicyclic) bond motifs is 1. The van der Waals surface area contributed by atoms with Gasteiger partial charge in [-0.2, -0.15) is 0 Å². The first-order valence-corrected chi connectivity index (χ1v) is 6.98. The lowest BCUT2D eigenvalue weighted by Crippen LogP contribution is -2.04. The number of rotatable bonds is 7. The summed E-state index contributed by atoms with van der Waals surface area (Å²) < 4.78 is 15.4. The van der Waals surface area contributed by atoms with E-state index in [0.29, 0.717) is 11.9 Å². The van der Waals surface area contributed by atoms with Crippen molar-refractivity contribution in [2.75, 3.05) is 0 Å². The van der Waals surface area contributed by atoms with Gasteiger partial charge < -0.3 is 9.67 Å². The summed E-state index contributed by atoms with van der Waals surface area (Å²) in [6.45, 7) is 2.93. The van der Waals surface area contributed by atoms with Crippen LogP contribution >= 0.6 is 0 Å². The number of hydrogen-bond acceptors (Lipinski definition) is 2. The summed E-state index contributed by atoms with van der Waals surface area (Å²) in [7, 11) is 0. The van der Waals surface area contributed by atoms with Crippen LogP contribution in [0.25, 0.3) is 11.0 Å². The zero-order valence-electron chi connectivity index (χ0n) is 11.6. The quantitative estimate of drug-likeness (QED) is 0.790. The van der Waals surface area contributed by atoms with Crippen LogP contribution in [-0.4, -0.2) is 20.6 Å². The number of carbonyl (C=O) groups is 1. The first kappa shape index (κ1) is 14.5. The minimum Gasteiger partial charge on any atom is -0.481 e. The molecule has 2 rings (SSSR count). The summed E-state index contributed by atoms with van der Waals surface area (Å²) in [6, 6.07) is 4.65. The fourth-order valence-corrected chi connectivity index (χ4v) is 2.38. The number of nitrogens with zero attached hydrogens (tertiary/aromatic N) is 2. The summed E-state index contributed by atoms with van der Waals surface area (Å²) in [4.78, 5) is 15.0. The van der Waals surface area contributed by atoms with E-state index in [9.17, 15) is 9.18 Å². The van der Waals surface area contributed by atoms with Gasteiger partial charge in [0.2, 0.25) is 0 Å². The van der Waals surface area contributed by atoms with E-state index in [4.69, 9.17) is 5.11 Å². The van der Waals surface area contributed by atoms with Crippen molar-refractivity contribution < 1.29 is 14.3 Å². The molecule has 0 atom stereocenters. The van der Waals surface area contributed by atoms with Crippen molar-refractivity contribution in [2.45, 2.75) is 45.6 Å². The summed E-state index contributed by atoms with van der Waals surface area (Å²) in [5, 5.41) is 8.63. The second kappa shape index (κ2) is 6.50. The van der Waals surface area contributed by atoms with Gasteiger partial charge in [-0.1, -0.05) is 6.92 Å². The molecular weight excluding hydrogens is 259 g/mol. The number of benzene rings is 1. The molecule has 0 bridgehead atoms. The second-order valence-corrected chi connectivity index (χ2v) is 4.91. The van der Waals surface area contributed by atoms with Gasteiger partial charge in [-0.3, -0.25) is 4.79 Å². The Kier molecular flexibility index (Phi) is 4.71. The maximum atomic E-state index is 13.2. The first-order chi connectivity index (χ1) is 9.61. The zero-order valence-corrected chi connectivity index (χ0v) is 11.6. The van der Waals surface area contributed by atoms with Crippen molar-refractivity contribution in [3.63, 3.8) is 0 Å². The van der Waals surface area contributed by atoms with Crippen LogP contribution in [0.3, 0.4) is 0 Å². The van der Waals surface area contributed by atoms with E-state index in [1.165, 1.54) is 12.1 Å². The molecule has 0 unspecified atom stereocenters. The number of carboxylic acid groups (broad SMARTS) is 1. The van der Waals surface area contributed by atoms with Crippen molar-refractivity contribution >= 4 is 17.0 Å². The van der Waals surface area contributed by atoms with E-state index in [2.05, 4.69) is 16.5 Å². The lowest BCUT2D eigenvalue weighted by Gasteiger charge is -2.07. The van der Waals surface area contributed by atoms with Crippen LogP contribution in [0.4, 0.5) is 4.39 Å². The van der Waals surface area contributed by atoms with Gasteiger partial charge in [0.1, 0.15) is 11.6 Å². The second-order valence-electron chi connectivity index (χ2n) is 4.91. The zero-order chi connectivity index (χ0) is 14.5. The predicted octanol–water partition coefficient (Wildman–Crippen LogP) is 3.38. The molecule has 1 aromatic heterocycles. The van der Waals surface area contributed by atoms with Gasteiger partial charge in [0.25, 0.3) is 0 Å². The van der Waals surface area contributed by atoms with Crippen LogP contribution in [0.15, 0.2) is 18.2 Å². The molecule has 0 aliphatic carbocycles. The number of aryl methyl sites for hydroxylation is 2. The van der Waals surface area contributed by atoms with Crippen molar-refractivity contribution in [2.24, 2.45) is 0 Å². The van der Waals surface area contributed by atoms with Crippen LogP contribution in [0.2, 0.25) is 0 Å². The van der Waals surface area contributed by atoms with E-state index >= 15 is 0 Å². The Morgan fingerprint density at radius 1 is 1.40 bits per heavy atom. The van der Waals surface area contributed by atoms with Gasteiger partial charge in [-0.25, -0.2) is 9.37 Å². The van der Waals surface area contributed by atoms with Crippen LogP contribution in [0, 0.1) is 5.82 Å². The molecule has 108 valence electrons. The van der Waals surface area contributed by atoms with Crippen LogP contribution in [0.1, 0.15) is 38.4 Å².